The summed E-state index contributed by atoms with van der Waals surface area (Å²) in [7, 11) is 0. The molecule has 0 saturated carbocycles. The molecule has 0 fully saturated rings. The van der Waals surface area contributed by atoms with Crippen molar-refractivity contribution in [2.24, 2.45) is 11.8 Å². The monoisotopic (exact) mass is 607 g/mol. The van der Waals surface area contributed by atoms with Crippen molar-refractivity contribution in [1.82, 2.24) is 0 Å². The first-order valence-corrected chi connectivity index (χ1v) is 15.1. The number of imide groups is 1. The Balaban J connectivity index is 1.74. The standard InChI is InChI=1S/C37H37NO7/c1-7-44-33(41)31-27(32(40)25-18-14-23(3)15-19-25)20-26(21-30(39)24-16-12-22(2)13-17-24)37(31)28-10-8-9-11-29(28)38(34(37)42)35(43)45-36(4,5)6/h8-20,26,31H,7,21H2,1-6H3/t26-,31+,37-/m0/s1. The molecule has 0 bridgehead atoms. The number of para-hydroxylation sites is 1. The average molecular weight is 608 g/mol. The average Bonchev–Trinajstić information content (AvgIpc) is 3.45. The smallest absolute Gasteiger partial charge is 0.421 e. The van der Waals surface area contributed by atoms with Gasteiger partial charge >= 0.3 is 12.1 Å². The van der Waals surface area contributed by atoms with Crippen LogP contribution in [0.3, 0.4) is 0 Å². The van der Waals surface area contributed by atoms with Gasteiger partial charge in [-0.2, -0.15) is 0 Å². The van der Waals surface area contributed by atoms with E-state index in [9.17, 15) is 24.0 Å². The summed E-state index contributed by atoms with van der Waals surface area (Å²) >= 11 is 0. The predicted octanol–water partition coefficient (Wildman–Crippen LogP) is 6.71. The Labute approximate surface area is 263 Å². The Morgan fingerprint density at radius 3 is 2.00 bits per heavy atom. The Kier molecular flexibility index (Phi) is 8.36. The van der Waals surface area contributed by atoms with Gasteiger partial charge in [-0.25, -0.2) is 9.69 Å². The van der Waals surface area contributed by atoms with Crippen LogP contribution in [0.2, 0.25) is 0 Å². The van der Waals surface area contributed by atoms with Gasteiger partial charge in [-0.1, -0.05) is 83.9 Å². The maximum Gasteiger partial charge on any atom is 0.421 e. The van der Waals surface area contributed by atoms with Crippen molar-refractivity contribution in [2.45, 2.75) is 59.0 Å². The number of anilines is 1. The Morgan fingerprint density at radius 1 is 0.844 bits per heavy atom. The summed E-state index contributed by atoms with van der Waals surface area (Å²) in [4.78, 5) is 71.5. The molecule has 1 heterocycles. The number of ketones is 2. The van der Waals surface area contributed by atoms with E-state index < -0.39 is 46.6 Å². The molecule has 1 aliphatic heterocycles. The van der Waals surface area contributed by atoms with Crippen LogP contribution in [0.15, 0.2) is 84.4 Å². The third-order valence-electron chi connectivity index (χ3n) is 8.33. The quantitative estimate of drug-likeness (QED) is 0.217. The molecule has 1 spiro atoms. The highest BCUT2D eigenvalue weighted by molar-refractivity contribution is 6.25. The number of Topliss-reactive ketones (excluding diaryl/α,β-unsaturated/α-hetero) is 2. The van der Waals surface area contributed by atoms with E-state index in [1.807, 2.05) is 26.0 Å². The van der Waals surface area contributed by atoms with Crippen molar-refractivity contribution in [3.8, 4) is 0 Å². The maximum absolute atomic E-state index is 14.9. The molecule has 0 radical (unpaired) electrons. The van der Waals surface area contributed by atoms with Crippen molar-refractivity contribution in [3.05, 3.63) is 112 Å². The number of nitrogens with zero attached hydrogens (tertiary/aromatic N) is 1. The first-order chi connectivity index (χ1) is 21.3. The molecule has 2 amide bonds. The van der Waals surface area contributed by atoms with Gasteiger partial charge in [0.15, 0.2) is 11.6 Å². The maximum atomic E-state index is 14.9. The van der Waals surface area contributed by atoms with E-state index in [2.05, 4.69) is 0 Å². The highest BCUT2D eigenvalue weighted by Crippen LogP contribution is 2.59. The molecule has 0 unspecified atom stereocenters. The van der Waals surface area contributed by atoms with E-state index in [0.717, 1.165) is 16.0 Å². The van der Waals surface area contributed by atoms with Crippen LogP contribution in [-0.2, 0) is 24.5 Å². The van der Waals surface area contributed by atoms with Gasteiger partial charge in [0.05, 0.1) is 12.3 Å². The Morgan fingerprint density at radius 2 is 1.42 bits per heavy atom. The number of rotatable bonds is 7. The molecule has 8 nitrogen and oxygen atoms in total. The zero-order valence-corrected chi connectivity index (χ0v) is 26.4. The molecular weight excluding hydrogens is 570 g/mol. The number of amides is 2. The van der Waals surface area contributed by atoms with Crippen molar-refractivity contribution in [1.29, 1.82) is 0 Å². The molecule has 8 heteroatoms. The number of fused-ring (bicyclic) bond motifs is 2. The number of carbonyl (C=O) groups is 5. The minimum atomic E-state index is -1.82. The van der Waals surface area contributed by atoms with Crippen LogP contribution >= 0.6 is 0 Å². The first kappa shape index (κ1) is 31.6. The van der Waals surface area contributed by atoms with Gasteiger partial charge < -0.3 is 9.47 Å². The second-order valence-electron chi connectivity index (χ2n) is 12.6. The summed E-state index contributed by atoms with van der Waals surface area (Å²) < 4.78 is 11.2. The molecule has 45 heavy (non-hydrogen) atoms. The number of carbonyl (C=O) groups excluding carboxylic acids is 5. The lowest BCUT2D eigenvalue weighted by molar-refractivity contribution is -0.151. The molecule has 232 valence electrons. The van der Waals surface area contributed by atoms with Gasteiger partial charge in [-0.3, -0.25) is 19.2 Å². The van der Waals surface area contributed by atoms with Crippen LogP contribution in [0.25, 0.3) is 0 Å². The highest BCUT2D eigenvalue weighted by atomic mass is 16.6. The minimum Gasteiger partial charge on any atom is -0.465 e. The minimum absolute atomic E-state index is 0.00397. The van der Waals surface area contributed by atoms with Gasteiger partial charge in [0, 0.05) is 29.0 Å². The molecule has 0 saturated heterocycles. The molecule has 3 atom stereocenters. The van der Waals surface area contributed by atoms with Crippen molar-refractivity contribution >= 4 is 35.2 Å². The summed E-state index contributed by atoms with van der Waals surface area (Å²) in [5.41, 5.74) is 0.556. The molecule has 3 aromatic rings. The van der Waals surface area contributed by atoms with Gasteiger partial charge in [-0.15, -0.1) is 0 Å². The fourth-order valence-electron chi connectivity index (χ4n) is 6.35. The normalized spacial score (nSPS) is 20.5. The topological polar surface area (TPSA) is 107 Å². The highest BCUT2D eigenvalue weighted by Gasteiger charge is 2.67. The predicted molar refractivity (Wildman–Crippen MR) is 169 cm³/mol. The summed E-state index contributed by atoms with van der Waals surface area (Å²) in [6.45, 7) is 10.5. The van der Waals surface area contributed by atoms with Crippen molar-refractivity contribution in [3.63, 3.8) is 0 Å². The number of ether oxygens (including phenoxy) is 2. The number of hydrogen-bond acceptors (Lipinski definition) is 7. The van der Waals surface area contributed by atoms with Crippen LogP contribution in [0.5, 0.6) is 0 Å². The lowest BCUT2D eigenvalue weighted by Gasteiger charge is -2.35. The SMILES string of the molecule is CCOC(=O)[C@H]1C(C(=O)c2ccc(C)cc2)=C[C@@H](CC(=O)c2ccc(C)cc2)[C@@]12C(=O)N(C(=O)OC(C)(C)C)c1ccccc12. The molecule has 3 aromatic carbocycles. The largest absolute Gasteiger partial charge is 0.465 e. The fourth-order valence-corrected chi connectivity index (χ4v) is 6.35. The third-order valence-corrected chi connectivity index (χ3v) is 8.33. The summed E-state index contributed by atoms with van der Waals surface area (Å²) in [5.74, 6) is -4.67. The summed E-state index contributed by atoms with van der Waals surface area (Å²) in [5, 5.41) is 0. The van der Waals surface area contributed by atoms with E-state index in [0.29, 0.717) is 16.7 Å². The van der Waals surface area contributed by atoms with Gasteiger partial charge in [0.1, 0.15) is 16.9 Å². The van der Waals surface area contributed by atoms with Crippen LogP contribution in [-0.4, -0.2) is 41.7 Å². The molecule has 5 rings (SSSR count). The second-order valence-corrected chi connectivity index (χ2v) is 12.6. The van der Waals surface area contributed by atoms with Crippen LogP contribution in [0.4, 0.5) is 10.5 Å². The number of benzene rings is 3. The summed E-state index contributed by atoms with van der Waals surface area (Å²) in [6.07, 6.45) is 0.455. The number of allylic oxidation sites excluding steroid dienone is 1. The van der Waals surface area contributed by atoms with Gasteiger partial charge in [0.2, 0.25) is 5.91 Å². The van der Waals surface area contributed by atoms with E-state index in [1.54, 1.807) is 94.4 Å². The fraction of sp³-hybridized carbons (Fsp3) is 0.324. The van der Waals surface area contributed by atoms with Gasteiger partial charge in [-0.05, 0) is 53.2 Å². The van der Waals surface area contributed by atoms with E-state index >= 15 is 0 Å². The van der Waals surface area contributed by atoms with Crippen LogP contribution in [0.1, 0.15) is 71.5 Å². The van der Waals surface area contributed by atoms with Gasteiger partial charge in [0.25, 0.3) is 0 Å². The molecule has 0 N–H and O–H groups in total. The molecule has 1 aliphatic carbocycles. The number of esters is 1. The lowest BCUT2D eigenvalue weighted by Crippen LogP contribution is -2.53. The Hall–Kier alpha value is -4.85. The lowest BCUT2D eigenvalue weighted by atomic mass is 9.64. The zero-order chi connectivity index (χ0) is 32.7. The van der Waals surface area contributed by atoms with E-state index in [4.69, 9.17) is 9.47 Å². The number of hydrogen-bond donors (Lipinski definition) is 0. The third kappa shape index (κ3) is 5.61. The molecular formula is C37H37NO7. The number of aryl methyl sites for hydroxylation is 2. The van der Waals surface area contributed by atoms with E-state index in [-0.39, 0.29) is 30.1 Å². The van der Waals surface area contributed by atoms with Crippen LogP contribution in [0, 0.1) is 25.7 Å². The first-order valence-electron chi connectivity index (χ1n) is 15.1. The molecule has 2 aliphatic rings. The van der Waals surface area contributed by atoms with Crippen LogP contribution < -0.4 is 4.90 Å². The molecule has 0 aromatic heterocycles. The van der Waals surface area contributed by atoms with E-state index in [1.165, 1.54) is 0 Å². The summed E-state index contributed by atoms with van der Waals surface area (Å²) in [6, 6.07) is 20.6. The van der Waals surface area contributed by atoms with Crippen molar-refractivity contribution < 1.29 is 33.4 Å². The van der Waals surface area contributed by atoms with Crippen molar-refractivity contribution in [2.75, 3.05) is 11.5 Å². The Bertz CT molecular complexity index is 1710. The second kappa shape index (κ2) is 11.9. The zero-order valence-electron chi connectivity index (χ0n) is 26.4.